The summed E-state index contributed by atoms with van der Waals surface area (Å²) < 4.78 is 12.6. The smallest absolute Gasteiger partial charge is 0.323 e. The first kappa shape index (κ1) is 23.3. The first-order chi connectivity index (χ1) is 7.79. The third-order valence-electron chi connectivity index (χ3n) is 2.35. The molecular weight excluding hydrogens is 296 g/mol. The molecule has 0 radical (unpaired) electrons. The molecule has 1 atom stereocenters. The maximum Gasteiger partial charge on any atom is 0.323 e. The van der Waals surface area contributed by atoms with Gasteiger partial charge in [0.1, 0.15) is 12.2 Å². The van der Waals surface area contributed by atoms with Crippen LogP contribution in [0.1, 0.15) is 26.7 Å². The number of aliphatic carboxylic acids is 1. The van der Waals surface area contributed by atoms with E-state index in [2.05, 4.69) is 4.99 Å². The lowest BCUT2D eigenvalue weighted by Crippen LogP contribution is -2.44. The van der Waals surface area contributed by atoms with E-state index >= 15 is 0 Å². The fourth-order valence-corrected chi connectivity index (χ4v) is 1.07. The SMILES string of the molecule is CC(N)=NC/C=C(/CF)CC[C@](C)(N)C(=O)O.Cl.Cl. The van der Waals surface area contributed by atoms with Crippen molar-refractivity contribution in [3.63, 3.8) is 0 Å². The zero-order valence-corrected chi connectivity index (χ0v) is 12.7. The molecular formula is C11H22Cl2FN3O2. The topological polar surface area (TPSA) is 102 Å². The number of allylic oxidation sites excluding steroid dienone is 1. The van der Waals surface area contributed by atoms with Crippen LogP contribution in [0.4, 0.5) is 4.39 Å². The van der Waals surface area contributed by atoms with Crippen LogP contribution in [-0.4, -0.2) is 35.7 Å². The Labute approximate surface area is 125 Å². The van der Waals surface area contributed by atoms with E-state index in [1.807, 2.05) is 0 Å². The fraction of sp³-hybridized carbons (Fsp3) is 0.636. The highest BCUT2D eigenvalue weighted by molar-refractivity contribution is 5.85. The van der Waals surface area contributed by atoms with Crippen molar-refractivity contribution in [2.75, 3.05) is 13.2 Å². The highest BCUT2D eigenvalue weighted by Crippen LogP contribution is 2.14. The maximum absolute atomic E-state index is 12.6. The number of nitrogens with two attached hydrogens (primary N) is 2. The molecule has 0 spiro atoms. The Morgan fingerprint density at radius 1 is 1.47 bits per heavy atom. The van der Waals surface area contributed by atoms with Crippen LogP contribution in [-0.2, 0) is 4.79 Å². The van der Waals surface area contributed by atoms with E-state index in [9.17, 15) is 9.18 Å². The third-order valence-corrected chi connectivity index (χ3v) is 2.35. The quantitative estimate of drug-likeness (QED) is 0.377. The van der Waals surface area contributed by atoms with Crippen LogP contribution >= 0.6 is 24.8 Å². The van der Waals surface area contributed by atoms with E-state index in [-0.39, 0.29) is 31.2 Å². The molecule has 0 saturated heterocycles. The number of rotatable bonds is 7. The van der Waals surface area contributed by atoms with Crippen LogP contribution in [0.5, 0.6) is 0 Å². The number of hydrogen-bond donors (Lipinski definition) is 3. The predicted molar refractivity (Wildman–Crippen MR) is 80.2 cm³/mol. The van der Waals surface area contributed by atoms with Gasteiger partial charge < -0.3 is 16.6 Å². The van der Waals surface area contributed by atoms with Crippen molar-refractivity contribution < 1.29 is 14.3 Å². The van der Waals surface area contributed by atoms with Crippen molar-refractivity contribution in [1.82, 2.24) is 0 Å². The zero-order valence-electron chi connectivity index (χ0n) is 11.1. The summed E-state index contributed by atoms with van der Waals surface area (Å²) in [6, 6.07) is 0. The Hall–Kier alpha value is -0.850. The summed E-state index contributed by atoms with van der Waals surface area (Å²) in [5.74, 6) is -0.666. The molecule has 0 amide bonds. The molecule has 0 aliphatic rings. The van der Waals surface area contributed by atoms with Gasteiger partial charge in [-0.05, 0) is 32.3 Å². The molecule has 0 heterocycles. The number of aliphatic imine (C=N–C) groups is 1. The Morgan fingerprint density at radius 3 is 2.37 bits per heavy atom. The second-order valence-corrected chi connectivity index (χ2v) is 4.20. The summed E-state index contributed by atoms with van der Waals surface area (Å²) in [5, 5.41) is 8.80. The summed E-state index contributed by atoms with van der Waals surface area (Å²) in [6.45, 7) is 2.72. The van der Waals surface area contributed by atoms with Gasteiger partial charge in [-0.2, -0.15) is 0 Å². The molecule has 0 aliphatic heterocycles. The number of carboxylic acids is 1. The minimum absolute atomic E-state index is 0. The van der Waals surface area contributed by atoms with Crippen LogP contribution in [0.2, 0.25) is 0 Å². The lowest BCUT2D eigenvalue weighted by Gasteiger charge is -2.19. The standard InChI is InChI=1S/C11H20FN3O2.2ClH/c1-8(13)15-6-4-9(7-12)3-5-11(2,14)10(16)17;;/h4H,3,5-7,14H2,1-2H3,(H2,13,15)(H,16,17);2*1H/b9-4+;;/t11-;;/m0../s1. The number of carboxylic acid groups (broad SMARTS) is 1. The molecule has 0 rings (SSSR count). The summed E-state index contributed by atoms with van der Waals surface area (Å²) in [4.78, 5) is 14.6. The van der Waals surface area contributed by atoms with Gasteiger partial charge in [-0.1, -0.05) is 6.08 Å². The van der Waals surface area contributed by atoms with E-state index in [0.29, 0.717) is 24.4 Å². The molecule has 0 aromatic carbocycles. The van der Waals surface area contributed by atoms with E-state index in [0.717, 1.165) is 0 Å². The molecule has 0 fully saturated rings. The van der Waals surface area contributed by atoms with Gasteiger partial charge >= 0.3 is 5.97 Å². The molecule has 19 heavy (non-hydrogen) atoms. The summed E-state index contributed by atoms with van der Waals surface area (Å²) in [5.41, 5.74) is 10.0. The van der Waals surface area contributed by atoms with Crippen LogP contribution in [0, 0.1) is 0 Å². The van der Waals surface area contributed by atoms with Crippen molar-refractivity contribution in [2.45, 2.75) is 32.2 Å². The Kier molecular flexibility index (Phi) is 13.5. The van der Waals surface area contributed by atoms with Crippen LogP contribution < -0.4 is 11.5 Å². The average molecular weight is 318 g/mol. The second kappa shape index (κ2) is 11.0. The summed E-state index contributed by atoms with van der Waals surface area (Å²) >= 11 is 0. The summed E-state index contributed by atoms with van der Waals surface area (Å²) in [7, 11) is 0. The molecule has 8 heteroatoms. The highest BCUT2D eigenvalue weighted by atomic mass is 35.5. The van der Waals surface area contributed by atoms with Crippen LogP contribution in [0.15, 0.2) is 16.6 Å². The molecule has 0 saturated carbocycles. The van der Waals surface area contributed by atoms with Crippen LogP contribution in [0.3, 0.4) is 0 Å². The Morgan fingerprint density at radius 2 is 2.00 bits per heavy atom. The van der Waals surface area contributed by atoms with Crippen molar-refractivity contribution in [1.29, 1.82) is 0 Å². The molecule has 0 aromatic rings. The van der Waals surface area contributed by atoms with Crippen molar-refractivity contribution >= 4 is 36.6 Å². The van der Waals surface area contributed by atoms with Gasteiger partial charge in [-0.3, -0.25) is 9.79 Å². The lowest BCUT2D eigenvalue weighted by atomic mass is 9.94. The Bertz CT molecular complexity index is 330. The van der Waals surface area contributed by atoms with Crippen molar-refractivity contribution in [3.05, 3.63) is 11.6 Å². The number of carbonyl (C=O) groups is 1. The second-order valence-electron chi connectivity index (χ2n) is 4.20. The van der Waals surface area contributed by atoms with Gasteiger partial charge in [0.15, 0.2) is 0 Å². The third kappa shape index (κ3) is 10.7. The lowest BCUT2D eigenvalue weighted by molar-refractivity contribution is -0.142. The fourth-order valence-electron chi connectivity index (χ4n) is 1.07. The first-order valence-corrected chi connectivity index (χ1v) is 5.32. The largest absolute Gasteiger partial charge is 0.480 e. The Balaban J connectivity index is -0.00000128. The highest BCUT2D eigenvalue weighted by Gasteiger charge is 2.27. The van der Waals surface area contributed by atoms with Gasteiger partial charge in [-0.15, -0.1) is 24.8 Å². The van der Waals surface area contributed by atoms with Gasteiger partial charge in [0.05, 0.1) is 12.4 Å². The predicted octanol–water partition coefficient (Wildman–Crippen LogP) is 1.69. The minimum atomic E-state index is -1.33. The van der Waals surface area contributed by atoms with Crippen molar-refractivity contribution in [3.8, 4) is 0 Å². The average Bonchev–Trinajstić information content (AvgIpc) is 2.22. The number of hydrogen-bond acceptors (Lipinski definition) is 3. The van der Waals surface area contributed by atoms with Crippen molar-refractivity contribution in [2.24, 2.45) is 16.5 Å². The minimum Gasteiger partial charge on any atom is -0.480 e. The van der Waals surface area contributed by atoms with Gasteiger partial charge in [0, 0.05) is 0 Å². The van der Waals surface area contributed by atoms with E-state index in [1.165, 1.54) is 6.92 Å². The van der Waals surface area contributed by atoms with E-state index in [4.69, 9.17) is 16.6 Å². The first-order valence-electron chi connectivity index (χ1n) is 5.32. The molecule has 0 bridgehead atoms. The molecule has 0 unspecified atom stereocenters. The molecule has 114 valence electrons. The van der Waals surface area contributed by atoms with E-state index in [1.54, 1.807) is 13.0 Å². The molecule has 0 aromatic heterocycles. The number of nitrogens with zero attached hydrogens (tertiary/aromatic N) is 1. The van der Waals surface area contributed by atoms with Gasteiger partial charge in [0.2, 0.25) is 0 Å². The number of alkyl halides is 1. The van der Waals surface area contributed by atoms with Gasteiger partial charge in [-0.25, -0.2) is 4.39 Å². The maximum atomic E-state index is 12.6. The monoisotopic (exact) mass is 317 g/mol. The van der Waals surface area contributed by atoms with Crippen LogP contribution in [0.25, 0.3) is 0 Å². The molecule has 5 N–H and O–H groups in total. The summed E-state index contributed by atoms with van der Waals surface area (Å²) in [6.07, 6.45) is 2.09. The zero-order chi connectivity index (χ0) is 13.5. The number of halogens is 3. The van der Waals surface area contributed by atoms with Gasteiger partial charge in [0.25, 0.3) is 0 Å². The van der Waals surface area contributed by atoms with E-state index < -0.39 is 18.2 Å². The molecule has 5 nitrogen and oxygen atoms in total. The molecule has 0 aliphatic carbocycles. The number of amidine groups is 1. The normalized spacial score (nSPS) is 14.9.